The summed E-state index contributed by atoms with van der Waals surface area (Å²) in [6.45, 7) is 4.11. The molecule has 2 rings (SSSR count). The second-order valence-electron chi connectivity index (χ2n) is 5.32. The first kappa shape index (κ1) is 14.7. The third kappa shape index (κ3) is 3.42. The first-order valence-corrected chi connectivity index (χ1v) is 8.04. The molecule has 1 aliphatic heterocycles. The molecule has 0 saturated carbocycles. The fraction of sp³-hybridized carbons (Fsp3) is 0.667. The average molecular weight is 280 g/mol. The zero-order chi connectivity index (χ0) is 13.8. The van der Waals surface area contributed by atoms with Gasteiger partial charge in [0, 0.05) is 40.7 Å². The highest BCUT2D eigenvalue weighted by molar-refractivity contribution is 8.00. The number of hydrogen-bond donors (Lipinski definition) is 1. The van der Waals surface area contributed by atoms with E-state index in [1.54, 1.807) is 7.11 Å². The molecule has 2 N–H and O–H groups in total. The lowest BCUT2D eigenvalue weighted by Gasteiger charge is -2.27. The Hall–Kier alpha value is -0.740. The number of aryl methyl sites for hydroxylation is 1. The first-order chi connectivity index (χ1) is 9.13. The third-order valence-corrected chi connectivity index (χ3v) is 5.41. The Labute approximate surface area is 120 Å². The maximum atomic E-state index is 6.38. The van der Waals surface area contributed by atoms with Crippen LogP contribution >= 0.6 is 11.8 Å². The standard InChI is InChI=1S/C15H24N2OS/c1-10-9-17-13(11(2)15(10)18-3)8-12(16)14-6-4-5-7-19-14/h9,12,14H,4-8,16H2,1-3H3. The van der Waals surface area contributed by atoms with Crippen molar-refractivity contribution in [2.75, 3.05) is 12.9 Å². The predicted octanol–water partition coefficient (Wildman–Crippen LogP) is 2.86. The van der Waals surface area contributed by atoms with Crippen LogP contribution < -0.4 is 10.5 Å². The Bertz CT molecular complexity index is 430. The molecule has 0 radical (unpaired) electrons. The van der Waals surface area contributed by atoms with Gasteiger partial charge in [0.05, 0.1) is 7.11 Å². The summed E-state index contributed by atoms with van der Waals surface area (Å²) in [5.41, 5.74) is 9.69. The third-order valence-electron chi connectivity index (χ3n) is 3.87. The summed E-state index contributed by atoms with van der Waals surface area (Å²) in [7, 11) is 1.72. The van der Waals surface area contributed by atoms with E-state index >= 15 is 0 Å². The molecule has 0 aromatic carbocycles. The minimum atomic E-state index is 0.198. The van der Waals surface area contributed by atoms with Gasteiger partial charge in [-0.25, -0.2) is 0 Å². The molecule has 2 heterocycles. The molecular formula is C15H24N2OS. The van der Waals surface area contributed by atoms with Crippen molar-refractivity contribution in [3.63, 3.8) is 0 Å². The molecular weight excluding hydrogens is 256 g/mol. The van der Waals surface area contributed by atoms with E-state index in [-0.39, 0.29) is 6.04 Å². The largest absolute Gasteiger partial charge is 0.496 e. The molecule has 1 fully saturated rings. The maximum absolute atomic E-state index is 6.38. The van der Waals surface area contributed by atoms with Gasteiger partial charge < -0.3 is 10.5 Å². The molecule has 1 saturated heterocycles. The van der Waals surface area contributed by atoms with Gasteiger partial charge in [-0.1, -0.05) is 6.42 Å². The summed E-state index contributed by atoms with van der Waals surface area (Å²) < 4.78 is 5.46. The van der Waals surface area contributed by atoms with E-state index in [1.807, 2.05) is 24.9 Å². The quantitative estimate of drug-likeness (QED) is 0.921. The molecule has 4 heteroatoms. The summed E-state index contributed by atoms with van der Waals surface area (Å²) in [5, 5.41) is 0.585. The van der Waals surface area contributed by atoms with Crippen LogP contribution in [0.2, 0.25) is 0 Å². The highest BCUT2D eigenvalue weighted by atomic mass is 32.2. The molecule has 1 aliphatic rings. The molecule has 0 spiro atoms. The minimum absolute atomic E-state index is 0.198. The number of hydrogen-bond acceptors (Lipinski definition) is 4. The number of aromatic nitrogens is 1. The van der Waals surface area contributed by atoms with Crippen LogP contribution in [0.15, 0.2) is 6.20 Å². The van der Waals surface area contributed by atoms with Gasteiger partial charge in [-0.3, -0.25) is 4.98 Å². The summed E-state index contributed by atoms with van der Waals surface area (Å²) in [6, 6.07) is 0.198. The molecule has 2 atom stereocenters. The fourth-order valence-corrected chi connectivity index (χ4v) is 4.09. The zero-order valence-corrected chi connectivity index (χ0v) is 12.9. The van der Waals surface area contributed by atoms with E-state index < -0.39 is 0 Å². The van der Waals surface area contributed by atoms with Crippen molar-refractivity contribution in [1.82, 2.24) is 4.98 Å². The number of rotatable bonds is 4. The molecule has 0 bridgehead atoms. The van der Waals surface area contributed by atoms with Crippen molar-refractivity contribution in [3.05, 3.63) is 23.0 Å². The SMILES string of the molecule is COc1c(C)cnc(CC(N)C2CCCCS2)c1C. The molecule has 1 aromatic heterocycles. The van der Waals surface area contributed by atoms with Gasteiger partial charge in [0.25, 0.3) is 0 Å². The van der Waals surface area contributed by atoms with Gasteiger partial charge in [0.1, 0.15) is 5.75 Å². The fourth-order valence-electron chi connectivity index (χ4n) is 2.73. The molecule has 0 amide bonds. The van der Waals surface area contributed by atoms with Gasteiger partial charge in [0.15, 0.2) is 0 Å². The van der Waals surface area contributed by atoms with Gasteiger partial charge in [-0.15, -0.1) is 0 Å². The second-order valence-corrected chi connectivity index (χ2v) is 6.67. The van der Waals surface area contributed by atoms with Gasteiger partial charge in [0.2, 0.25) is 0 Å². The Balaban J connectivity index is 2.10. The lowest BCUT2D eigenvalue weighted by molar-refractivity contribution is 0.406. The molecule has 0 aliphatic carbocycles. The van der Waals surface area contributed by atoms with Crippen molar-refractivity contribution >= 4 is 11.8 Å². The smallest absolute Gasteiger partial charge is 0.128 e. The van der Waals surface area contributed by atoms with Crippen LogP contribution in [0.3, 0.4) is 0 Å². The van der Waals surface area contributed by atoms with Crippen molar-refractivity contribution in [2.24, 2.45) is 5.73 Å². The van der Waals surface area contributed by atoms with E-state index in [2.05, 4.69) is 11.9 Å². The van der Waals surface area contributed by atoms with Crippen molar-refractivity contribution in [3.8, 4) is 5.75 Å². The first-order valence-electron chi connectivity index (χ1n) is 6.99. The maximum Gasteiger partial charge on any atom is 0.128 e. The summed E-state index contributed by atoms with van der Waals surface area (Å²) in [4.78, 5) is 4.55. The van der Waals surface area contributed by atoms with Crippen LogP contribution in [-0.2, 0) is 6.42 Å². The molecule has 3 nitrogen and oxygen atoms in total. The summed E-state index contributed by atoms with van der Waals surface area (Å²) in [5.74, 6) is 2.20. The molecule has 1 aromatic rings. The Morgan fingerprint density at radius 2 is 2.26 bits per heavy atom. The average Bonchev–Trinajstić information content (AvgIpc) is 2.43. The highest BCUT2D eigenvalue weighted by Gasteiger charge is 2.23. The highest BCUT2D eigenvalue weighted by Crippen LogP contribution is 2.30. The number of nitrogens with zero attached hydrogens (tertiary/aromatic N) is 1. The van der Waals surface area contributed by atoms with Crippen LogP contribution in [0.4, 0.5) is 0 Å². The normalized spacial score (nSPS) is 21.2. The second kappa shape index (κ2) is 6.62. The van der Waals surface area contributed by atoms with Crippen LogP contribution in [0, 0.1) is 13.8 Å². The minimum Gasteiger partial charge on any atom is -0.496 e. The van der Waals surface area contributed by atoms with Crippen LogP contribution in [-0.4, -0.2) is 29.1 Å². The van der Waals surface area contributed by atoms with E-state index in [9.17, 15) is 0 Å². The van der Waals surface area contributed by atoms with Crippen LogP contribution in [0.1, 0.15) is 36.1 Å². The molecule has 19 heavy (non-hydrogen) atoms. The van der Waals surface area contributed by atoms with Gasteiger partial charge >= 0.3 is 0 Å². The lowest BCUT2D eigenvalue weighted by atomic mass is 10.00. The number of ether oxygens (including phenoxy) is 1. The Morgan fingerprint density at radius 1 is 1.47 bits per heavy atom. The van der Waals surface area contributed by atoms with E-state index in [0.717, 1.165) is 29.0 Å². The summed E-state index contributed by atoms with van der Waals surface area (Å²) in [6.07, 6.45) is 6.63. The van der Waals surface area contributed by atoms with Crippen molar-refractivity contribution in [2.45, 2.75) is 50.8 Å². The monoisotopic (exact) mass is 280 g/mol. The van der Waals surface area contributed by atoms with Crippen LogP contribution in [0.25, 0.3) is 0 Å². The predicted molar refractivity (Wildman–Crippen MR) is 82.0 cm³/mol. The van der Waals surface area contributed by atoms with Crippen molar-refractivity contribution in [1.29, 1.82) is 0 Å². The number of pyridine rings is 1. The number of methoxy groups -OCH3 is 1. The Kier molecular flexibility index (Phi) is 5.11. The Morgan fingerprint density at radius 3 is 2.89 bits per heavy atom. The van der Waals surface area contributed by atoms with E-state index in [0.29, 0.717) is 5.25 Å². The zero-order valence-electron chi connectivity index (χ0n) is 12.1. The van der Waals surface area contributed by atoms with E-state index in [1.165, 1.54) is 25.0 Å². The van der Waals surface area contributed by atoms with Crippen molar-refractivity contribution < 1.29 is 4.74 Å². The topological polar surface area (TPSA) is 48.1 Å². The van der Waals surface area contributed by atoms with E-state index in [4.69, 9.17) is 10.5 Å². The van der Waals surface area contributed by atoms with Gasteiger partial charge in [-0.05, 0) is 32.4 Å². The molecule has 106 valence electrons. The van der Waals surface area contributed by atoms with Crippen LogP contribution in [0.5, 0.6) is 5.75 Å². The molecule has 2 unspecified atom stereocenters. The lowest BCUT2D eigenvalue weighted by Crippen LogP contribution is -2.36. The summed E-state index contributed by atoms with van der Waals surface area (Å²) >= 11 is 2.03. The van der Waals surface area contributed by atoms with Gasteiger partial charge in [-0.2, -0.15) is 11.8 Å². The number of thioether (sulfide) groups is 1. The number of nitrogens with two attached hydrogens (primary N) is 1.